The highest BCUT2D eigenvalue weighted by atomic mass is 15.2. The van der Waals surface area contributed by atoms with E-state index < -0.39 is 0 Å². The quantitative estimate of drug-likeness (QED) is 0.128. The molecule has 0 radical (unpaired) electrons. The first-order valence-corrected chi connectivity index (χ1v) is 24.3. The second-order valence-electron chi connectivity index (χ2n) is 18.5. The monoisotopic (exact) mass is 918 g/mol. The lowest BCUT2D eigenvalue weighted by Crippen LogP contribution is -2.14. The van der Waals surface area contributed by atoms with E-state index in [9.17, 15) is 10.5 Å². The highest BCUT2D eigenvalue weighted by Gasteiger charge is 2.28. The minimum absolute atomic E-state index is 0.568. The third-order valence-electron chi connectivity index (χ3n) is 14.0. The van der Waals surface area contributed by atoms with Crippen LogP contribution >= 0.6 is 0 Å². The number of nitrogens with zero attached hydrogens (tertiary/aromatic N) is 4. The molecule has 12 aromatic carbocycles. The summed E-state index contributed by atoms with van der Waals surface area (Å²) in [5.74, 6) is 0. The van der Waals surface area contributed by atoms with Crippen LogP contribution in [0.2, 0.25) is 0 Å². The van der Waals surface area contributed by atoms with E-state index in [0.29, 0.717) is 11.1 Å². The molecule has 0 N–H and O–H groups in total. The molecule has 0 spiro atoms. The maximum absolute atomic E-state index is 11.3. The lowest BCUT2D eigenvalue weighted by molar-refractivity contribution is 1.27. The number of hydrogen-bond donors (Lipinski definition) is 0. The van der Waals surface area contributed by atoms with Crippen LogP contribution in [0.25, 0.3) is 76.8 Å². The summed E-state index contributed by atoms with van der Waals surface area (Å²) >= 11 is 0. The number of nitriles is 2. The van der Waals surface area contributed by atoms with Gasteiger partial charge in [0, 0.05) is 33.3 Å². The van der Waals surface area contributed by atoms with Gasteiger partial charge in [-0.25, -0.2) is 0 Å². The molecule has 0 aliphatic rings. The van der Waals surface area contributed by atoms with Crippen LogP contribution in [0.4, 0.5) is 34.1 Å². The Morgan fingerprint density at radius 3 is 1.00 bits per heavy atom. The van der Waals surface area contributed by atoms with Crippen molar-refractivity contribution < 1.29 is 0 Å². The van der Waals surface area contributed by atoms with Gasteiger partial charge in [-0.05, 0) is 129 Å². The fourth-order valence-corrected chi connectivity index (χ4v) is 10.5. The fourth-order valence-electron chi connectivity index (χ4n) is 10.5. The van der Waals surface area contributed by atoms with Gasteiger partial charge in [0.2, 0.25) is 0 Å². The molecule has 12 rings (SSSR count). The largest absolute Gasteiger partial charge is 0.308 e. The van der Waals surface area contributed by atoms with E-state index in [1.165, 1.54) is 0 Å². The predicted octanol–water partition coefficient (Wildman–Crippen LogP) is 18.6. The zero-order valence-corrected chi connectivity index (χ0v) is 39.9. The molecule has 0 atom stereocenters. The van der Waals surface area contributed by atoms with Crippen LogP contribution in [-0.4, -0.2) is 0 Å². The molecule has 0 amide bonds. The van der Waals surface area contributed by atoms with Gasteiger partial charge in [0.25, 0.3) is 0 Å². The Kier molecular flexibility index (Phi) is 11.1. The van der Waals surface area contributed by atoms with Crippen LogP contribution in [-0.2, 0) is 0 Å². The first-order chi connectivity index (χ1) is 35.4. The Labute approximate surface area is 420 Å². The number of benzene rings is 12. The molecule has 0 saturated heterocycles. The Hall–Kier alpha value is -9.74. The van der Waals surface area contributed by atoms with Crippen LogP contribution < -0.4 is 9.80 Å². The van der Waals surface area contributed by atoms with E-state index in [1.54, 1.807) is 0 Å². The molecule has 0 bridgehead atoms. The molecule has 0 aliphatic carbocycles. The van der Waals surface area contributed by atoms with E-state index in [0.717, 1.165) is 122 Å². The molecule has 0 unspecified atom stereocenters. The van der Waals surface area contributed by atoms with E-state index in [1.807, 2.05) is 60.7 Å². The molecular weight excluding hydrogens is 873 g/mol. The summed E-state index contributed by atoms with van der Waals surface area (Å²) in [5, 5.41) is 29.1. The molecular formula is C68H46N4. The lowest BCUT2D eigenvalue weighted by atomic mass is 9.89. The van der Waals surface area contributed by atoms with Crippen molar-refractivity contribution in [3.05, 3.63) is 265 Å². The van der Waals surface area contributed by atoms with Gasteiger partial charge in [0.15, 0.2) is 0 Å². The topological polar surface area (TPSA) is 54.1 Å². The van der Waals surface area contributed by atoms with Crippen molar-refractivity contribution in [2.45, 2.75) is 13.8 Å². The minimum Gasteiger partial charge on any atom is -0.308 e. The number of aryl methyl sites for hydroxylation is 2. The van der Waals surface area contributed by atoms with E-state index in [-0.39, 0.29) is 0 Å². The fraction of sp³-hybridized carbons (Fsp3) is 0.0294. The first kappa shape index (κ1) is 43.5. The molecule has 72 heavy (non-hydrogen) atoms. The summed E-state index contributed by atoms with van der Waals surface area (Å²) in [6.07, 6.45) is 0. The third-order valence-corrected chi connectivity index (χ3v) is 14.0. The zero-order valence-electron chi connectivity index (χ0n) is 39.9. The second kappa shape index (κ2) is 18.3. The Bertz CT molecular complexity index is 3770. The van der Waals surface area contributed by atoms with Crippen molar-refractivity contribution in [2.75, 3.05) is 9.80 Å². The number of rotatable bonds is 10. The maximum Gasteiger partial charge on any atom is 0.101 e. The van der Waals surface area contributed by atoms with Gasteiger partial charge in [-0.1, -0.05) is 193 Å². The van der Waals surface area contributed by atoms with Gasteiger partial charge in [-0.3, -0.25) is 0 Å². The number of hydrogen-bond acceptors (Lipinski definition) is 4. The minimum atomic E-state index is 0.568. The van der Waals surface area contributed by atoms with Crippen molar-refractivity contribution in [3.63, 3.8) is 0 Å². The molecule has 0 aliphatic heterocycles. The van der Waals surface area contributed by atoms with Gasteiger partial charge < -0.3 is 9.80 Å². The summed E-state index contributed by atoms with van der Waals surface area (Å²) in [6, 6.07) is 90.3. The normalized spacial score (nSPS) is 11.2. The van der Waals surface area contributed by atoms with Crippen molar-refractivity contribution in [3.8, 4) is 56.6 Å². The van der Waals surface area contributed by atoms with Gasteiger partial charge in [-0.2, -0.15) is 10.5 Å². The van der Waals surface area contributed by atoms with Gasteiger partial charge in [0.1, 0.15) is 12.1 Å². The molecule has 12 aromatic rings. The van der Waals surface area contributed by atoms with Crippen molar-refractivity contribution >= 4 is 66.4 Å². The van der Waals surface area contributed by atoms with Gasteiger partial charge in [0.05, 0.1) is 33.9 Å². The summed E-state index contributed by atoms with van der Waals surface area (Å²) in [5.41, 5.74) is 16.8. The van der Waals surface area contributed by atoms with Gasteiger partial charge in [-0.15, -0.1) is 0 Å². The zero-order chi connectivity index (χ0) is 48.7. The van der Waals surface area contributed by atoms with Crippen molar-refractivity contribution in [2.24, 2.45) is 0 Å². The molecule has 4 nitrogen and oxygen atoms in total. The Balaban J connectivity index is 1.14. The van der Waals surface area contributed by atoms with E-state index >= 15 is 0 Å². The van der Waals surface area contributed by atoms with Crippen LogP contribution in [0.3, 0.4) is 0 Å². The van der Waals surface area contributed by atoms with E-state index in [4.69, 9.17) is 0 Å². The Morgan fingerprint density at radius 2 is 0.653 bits per heavy atom. The second-order valence-corrected chi connectivity index (χ2v) is 18.5. The SMILES string of the molecule is Cc1ccc(N(c2c(C#N)cc(-c3ccccc3)cc2-c2ccccc2)c2ccc3ccc4c(N(c5ccc(C)cc5)c5c(C#N)cc(-c6ccccc6)cc5-c5ccccc5)ccc5ccc2c3c54)cc1. The number of anilines is 6. The standard InChI is InChI=1S/C68H46N4/c1-45-23-31-57(32-24-45)71(67-55(43-69)39-53(47-15-7-3-8-16-47)41-61(67)49-19-11-5-12-20-49)63-37-29-51-28-36-60-64(38-30-52-27-35-59(63)65(51)66(52)60)72(58-33-25-46(2)26-34-58)68-56(44-70)40-54(48-17-9-4-10-18-48)42-62(68)50-21-13-6-14-22-50/h3-42H,1-2H3. The molecule has 0 fully saturated rings. The van der Waals surface area contributed by atoms with Gasteiger partial charge >= 0.3 is 0 Å². The third kappa shape index (κ3) is 7.66. The Morgan fingerprint density at radius 1 is 0.319 bits per heavy atom. The summed E-state index contributed by atoms with van der Waals surface area (Å²) in [4.78, 5) is 4.58. The van der Waals surface area contributed by atoms with Crippen LogP contribution in [0.15, 0.2) is 243 Å². The van der Waals surface area contributed by atoms with Crippen molar-refractivity contribution in [1.29, 1.82) is 10.5 Å². The molecule has 0 saturated carbocycles. The van der Waals surface area contributed by atoms with Crippen LogP contribution in [0.5, 0.6) is 0 Å². The van der Waals surface area contributed by atoms with Crippen LogP contribution in [0.1, 0.15) is 22.3 Å². The summed E-state index contributed by atoms with van der Waals surface area (Å²) < 4.78 is 0. The molecule has 0 heterocycles. The average Bonchev–Trinajstić information content (AvgIpc) is 3.45. The first-order valence-electron chi connectivity index (χ1n) is 24.3. The van der Waals surface area contributed by atoms with E-state index in [2.05, 4.69) is 218 Å². The summed E-state index contributed by atoms with van der Waals surface area (Å²) in [6.45, 7) is 4.21. The lowest BCUT2D eigenvalue weighted by Gasteiger charge is -2.32. The van der Waals surface area contributed by atoms with Crippen LogP contribution in [0, 0.1) is 36.5 Å². The summed E-state index contributed by atoms with van der Waals surface area (Å²) in [7, 11) is 0. The maximum atomic E-state index is 11.3. The molecule has 4 heteroatoms. The highest BCUT2D eigenvalue weighted by Crippen LogP contribution is 2.52. The highest BCUT2D eigenvalue weighted by molar-refractivity contribution is 6.28. The predicted molar refractivity (Wildman–Crippen MR) is 300 cm³/mol. The van der Waals surface area contributed by atoms with Crippen molar-refractivity contribution in [1.82, 2.24) is 0 Å². The average molecular weight is 919 g/mol. The molecule has 0 aromatic heterocycles. The smallest absolute Gasteiger partial charge is 0.101 e. The molecule has 338 valence electrons.